The molecular weight excluding hydrogens is 357 g/mol. The second-order valence-electron chi connectivity index (χ2n) is 6.18. The Morgan fingerprint density at radius 2 is 1.77 bits per heavy atom. The lowest BCUT2D eigenvalue weighted by molar-refractivity contribution is -0.140. The molecule has 0 saturated carbocycles. The molecule has 144 valence electrons. The average Bonchev–Trinajstić information content (AvgIpc) is 2.48. The molecule has 0 aliphatic carbocycles. The molecule has 26 heavy (non-hydrogen) atoms. The molecule has 2 N–H and O–H groups in total. The first-order valence-electron chi connectivity index (χ1n) is 7.46. The zero-order valence-electron chi connectivity index (χ0n) is 14.4. The van der Waals surface area contributed by atoms with Gasteiger partial charge in [-0.2, -0.15) is 13.2 Å². The number of esters is 1. The van der Waals surface area contributed by atoms with Crippen LogP contribution in [0.3, 0.4) is 0 Å². The van der Waals surface area contributed by atoms with E-state index in [1.54, 1.807) is 26.1 Å². The minimum Gasteiger partial charge on any atom is -0.452 e. The lowest BCUT2D eigenvalue weighted by atomic mass is 10.2. The zero-order valence-corrected chi connectivity index (χ0v) is 14.4. The Labute approximate surface area is 147 Å². The van der Waals surface area contributed by atoms with Crippen LogP contribution in [0.5, 0.6) is 0 Å². The molecular formula is C16H19F3N2O5. The number of ether oxygens (including phenoxy) is 2. The first-order chi connectivity index (χ1) is 11.9. The second kappa shape index (κ2) is 8.54. The molecule has 2 amide bonds. The standard InChI is InChI=1S/C16H19F3N2O5/c1-15(2,3)26-14(24)21-11-6-4-5-10(7-11)13(23)25-8-12(22)20-9-16(17,18)19/h4-7H,8-9H2,1-3H3,(H,20,22)(H,21,24). The van der Waals surface area contributed by atoms with Crippen LogP contribution in [0.2, 0.25) is 0 Å². The van der Waals surface area contributed by atoms with E-state index in [0.717, 1.165) is 0 Å². The van der Waals surface area contributed by atoms with Crippen molar-refractivity contribution in [2.24, 2.45) is 0 Å². The third kappa shape index (κ3) is 8.90. The smallest absolute Gasteiger partial charge is 0.412 e. The quantitative estimate of drug-likeness (QED) is 0.771. The molecule has 1 aromatic carbocycles. The van der Waals surface area contributed by atoms with Crippen molar-refractivity contribution in [1.29, 1.82) is 0 Å². The van der Waals surface area contributed by atoms with Gasteiger partial charge < -0.3 is 14.8 Å². The average molecular weight is 376 g/mol. The van der Waals surface area contributed by atoms with E-state index in [2.05, 4.69) is 10.1 Å². The number of benzene rings is 1. The lowest BCUT2D eigenvalue weighted by Gasteiger charge is -2.19. The SMILES string of the molecule is CC(C)(C)OC(=O)Nc1cccc(C(=O)OCC(=O)NCC(F)(F)F)c1. The molecule has 0 fully saturated rings. The second-order valence-corrected chi connectivity index (χ2v) is 6.18. The summed E-state index contributed by atoms with van der Waals surface area (Å²) in [4.78, 5) is 34.7. The Bertz CT molecular complexity index is 669. The first kappa shape index (κ1) is 21.3. The third-order valence-corrected chi connectivity index (χ3v) is 2.56. The highest BCUT2D eigenvalue weighted by Gasteiger charge is 2.27. The van der Waals surface area contributed by atoms with Crippen LogP contribution in [0.25, 0.3) is 0 Å². The predicted octanol–water partition coefficient (Wildman–Crippen LogP) is 2.87. The molecule has 0 saturated heterocycles. The van der Waals surface area contributed by atoms with Gasteiger partial charge in [-0.05, 0) is 39.0 Å². The summed E-state index contributed by atoms with van der Waals surface area (Å²) in [5.41, 5.74) is -0.456. The number of alkyl halides is 3. The summed E-state index contributed by atoms with van der Waals surface area (Å²) in [7, 11) is 0. The fourth-order valence-corrected chi connectivity index (χ4v) is 1.61. The Kier molecular flexibility index (Phi) is 6.99. The minimum atomic E-state index is -4.55. The van der Waals surface area contributed by atoms with Gasteiger partial charge >= 0.3 is 18.2 Å². The molecule has 0 atom stereocenters. The van der Waals surface area contributed by atoms with Gasteiger partial charge in [0.1, 0.15) is 12.1 Å². The van der Waals surface area contributed by atoms with E-state index in [1.807, 2.05) is 0 Å². The molecule has 0 radical (unpaired) electrons. The highest BCUT2D eigenvalue weighted by Crippen LogP contribution is 2.15. The monoisotopic (exact) mass is 376 g/mol. The van der Waals surface area contributed by atoms with Crippen LogP contribution in [0.15, 0.2) is 24.3 Å². The lowest BCUT2D eigenvalue weighted by Crippen LogP contribution is -2.36. The van der Waals surface area contributed by atoms with Crippen molar-refractivity contribution in [3.05, 3.63) is 29.8 Å². The number of amides is 2. The van der Waals surface area contributed by atoms with Gasteiger partial charge in [0.05, 0.1) is 5.56 Å². The van der Waals surface area contributed by atoms with Crippen molar-refractivity contribution < 1.29 is 37.0 Å². The normalized spacial score (nSPS) is 11.5. The number of hydrogen-bond acceptors (Lipinski definition) is 5. The van der Waals surface area contributed by atoms with Crippen LogP contribution in [0.4, 0.5) is 23.7 Å². The summed E-state index contributed by atoms with van der Waals surface area (Å²) in [6, 6.07) is 5.58. The van der Waals surface area contributed by atoms with E-state index < -0.39 is 42.9 Å². The first-order valence-corrected chi connectivity index (χ1v) is 7.46. The number of carbonyl (C=O) groups excluding carboxylic acids is 3. The largest absolute Gasteiger partial charge is 0.452 e. The molecule has 0 heterocycles. The van der Waals surface area contributed by atoms with E-state index in [-0.39, 0.29) is 11.3 Å². The van der Waals surface area contributed by atoms with Crippen LogP contribution in [-0.4, -0.2) is 42.9 Å². The van der Waals surface area contributed by atoms with Crippen molar-refractivity contribution in [1.82, 2.24) is 5.32 Å². The summed E-state index contributed by atoms with van der Waals surface area (Å²) >= 11 is 0. The van der Waals surface area contributed by atoms with Crippen molar-refractivity contribution in [2.45, 2.75) is 32.5 Å². The maximum atomic E-state index is 12.0. The van der Waals surface area contributed by atoms with Crippen LogP contribution in [0.1, 0.15) is 31.1 Å². The molecule has 7 nitrogen and oxygen atoms in total. The molecule has 0 bridgehead atoms. The number of carbonyl (C=O) groups is 3. The van der Waals surface area contributed by atoms with E-state index in [1.165, 1.54) is 24.3 Å². The molecule has 0 spiro atoms. The zero-order chi connectivity index (χ0) is 20.0. The highest BCUT2D eigenvalue weighted by molar-refractivity contribution is 5.93. The Morgan fingerprint density at radius 1 is 1.12 bits per heavy atom. The predicted molar refractivity (Wildman–Crippen MR) is 85.6 cm³/mol. The highest BCUT2D eigenvalue weighted by atomic mass is 19.4. The molecule has 0 unspecified atom stereocenters. The van der Waals surface area contributed by atoms with E-state index in [0.29, 0.717) is 0 Å². The van der Waals surface area contributed by atoms with Crippen LogP contribution in [0, 0.1) is 0 Å². The number of nitrogens with one attached hydrogen (secondary N) is 2. The van der Waals surface area contributed by atoms with Gasteiger partial charge in [0.2, 0.25) is 0 Å². The van der Waals surface area contributed by atoms with E-state index in [9.17, 15) is 27.6 Å². The summed E-state index contributed by atoms with van der Waals surface area (Å²) in [6.45, 7) is 2.68. The van der Waals surface area contributed by atoms with Crippen molar-refractivity contribution in [3.63, 3.8) is 0 Å². The number of halogens is 3. The van der Waals surface area contributed by atoms with Crippen molar-refractivity contribution in [3.8, 4) is 0 Å². The van der Waals surface area contributed by atoms with E-state index in [4.69, 9.17) is 4.74 Å². The Balaban J connectivity index is 2.57. The van der Waals surface area contributed by atoms with Gasteiger partial charge in [-0.25, -0.2) is 9.59 Å². The summed E-state index contributed by atoms with van der Waals surface area (Å²) < 4.78 is 45.6. The minimum absolute atomic E-state index is 0.00202. The molecule has 0 aromatic heterocycles. The van der Waals surface area contributed by atoms with Crippen LogP contribution in [-0.2, 0) is 14.3 Å². The molecule has 1 aromatic rings. The Morgan fingerprint density at radius 3 is 2.35 bits per heavy atom. The number of anilines is 1. The molecule has 1 rings (SSSR count). The summed E-state index contributed by atoms with van der Waals surface area (Å²) in [6.07, 6.45) is -5.28. The molecule has 10 heteroatoms. The maximum absolute atomic E-state index is 12.0. The molecule has 0 aliphatic heterocycles. The third-order valence-electron chi connectivity index (χ3n) is 2.56. The van der Waals surface area contributed by atoms with Crippen LogP contribution < -0.4 is 10.6 Å². The van der Waals surface area contributed by atoms with Gasteiger partial charge in [0.15, 0.2) is 6.61 Å². The fraction of sp³-hybridized carbons (Fsp3) is 0.438. The topological polar surface area (TPSA) is 93.7 Å². The van der Waals surface area contributed by atoms with Gasteiger partial charge in [0.25, 0.3) is 5.91 Å². The van der Waals surface area contributed by atoms with Crippen molar-refractivity contribution in [2.75, 3.05) is 18.5 Å². The summed E-state index contributed by atoms with van der Waals surface area (Å²) in [5, 5.41) is 4.00. The summed E-state index contributed by atoms with van der Waals surface area (Å²) in [5.74, 6) is -2.02. The van der Waals surface area contributed by atoms with Crippen molar-refractivity contribution >= 4 is 23.7 Å². The van der Waals surface area contributed by atoms with Gasteiger partial charge in [-0.15, -0.1) is 0 Å². The number of rotatable bonds is 5. The van der Waals surface area contributed by atoms with Gasteiger partial charge in [0, 0.05) is 5.69 Å². The fourth-order valence-electron chi connectivity index (χ4n) is 1.61. The van der Waals surface area contributed by atoms with Gasteiger partial charge in [-0.1, -0.05) is 6.07 Å². The van der Waals surface area contributed by atoms with Crippen LogP contribution >= 0.6 is 0 Å². The Hall–Kier alpha value is -2.78. The maximum Gasteiger partial charge on any atom is 0.412 e. The van der Waals surface area contributed by atoms with E-state index >= 15 is 0 Å². The number of hydrogen-bond donors (Lipinski definition) is 2. The van der Waals surface area contributed by atoms with Gasteiger partial charge in [-0.3, -0.25) is 10.1 Å². The molecule has 0 aliphatic rings.